The third-order valence-electron chi connectivity index (χ3n) is 3.32. The molecule has 0 bridgehead atoms. The van der Waals surface area contributed by atoms with Crippen molar-refractivity contribution < 1.29 is 4.74 Å². The molecule has 1 aromatic carbocycles. The van der Waals surface area contributed by atoms with Crippen LogP contribution < -0.4 is 0 Å². The number of nitrogens with one attached hydrogen (secondary N) is 1. The monoisotopic (exact) mass is 231 g/mol. The van der Waals surface area contributed by atoms with Crippen LogP contribution in [0, 0.1) is 0 Å². The first-order chi connectivity index (χ1) is 7.93. The fourth-order valence-corrected chi connectivity index (χ4v) is 2.18. The van der Waals surface area contributed by atoms with Gasteiger partial charge in [0.15, 0.2) is 0 Å². The highest BCUT2D eigenvalue weighted by atomic mass is 16.5. The standard InChI is InChI=1S/C15H21NO/c1-10(17-5)11-8-13(15(2,3)4)12-6-7-16-14(12)9-11/h6-10,16H,1-5H3. The van der Waals surface area contributed by atoms with Crippen molar-refractivity contribution >= 4 is 10.9 Å². The Hall–Kier alpha value is -1.28. The molecule has 1 heterocycles. The highest BCUT2D eigenvalue weighted by Crippen LogP contribution is 2.33. The Balaban J connectivity index is 2.67. The van der Waals surface area contributed by atoms with E-state index >= 15 is 0 Å². The number of hydrogen-bond donors (Lipinski definition) is 1. The molecule has 17 heavy (non-hydrogen) atoms. The van der Waals surface area contributed by atoms with Gasteiger partial charge in [-0.1, -0.05) is 26.8 Å². The zero-order valence-corrected chi connectivity index (χ0v) is 11.3. The zero-order valence-electron chi connectivity index (χ0n) is 11.3. The van der Waals surface area contributed by atoms with Gasteiger partial charge in [0.05, 0.1) is 6.10 Å². The number of fused-ring (bicyclic) bond motifs is 1. The molecule has 2 rings (SSSR count). The third-order valence-corrected chi connectivity index (χ3v) is 3.32. The molecule has 0 fully saturated rings. The summed E-state index contributed by atoms with van der Waals surface area (Å²) in [6.07, 6.45) is 2.13. The summed E-state index contributed by atoms with van der Waals surface area (Å²) in [6.45, 7) is 8.82. The van der Waals surface area contributed by atoms with Gasteiger partial charge in [0.2, 0.25) is 0 Å². The first kappa shape index (κ1) is 12.2. The molecular weight excluding hydrogens is 210 g/mol. The minimum absolute atomic E-state index is 0.129. The van der Waals surface area contributed by atoms with Crippen molar-refractivity contribution in [3.05, 3.63) is 35.5 Å². The van der Waals surface area contributed by atoms with Crippen molar-refractivity contribution in [1.82, 2.24) is 4.98 Å². The Labute approximate surface area is 103 Å². The minimum Gasteiger partial charge on any atom is -0.377 e. The molecule has 1 atom stereocenters. The number of rotatable bonds is 2. The topological polar surface area (TPSA) is 25.0 Å². The Morgan fingerprint density at radius 3 is 2.53 bits per heavy atom. The van der Waals surface area contributed by atoms with Crippen LogP contribution in [0.2, 0.25) is 0 Å². The predicted molar refractivity (Wildman–Crippen MR) is 72.4 cm³/mol. The Morgan fingerprint density at radius 1 is 1.24 bits per heavy atom. The molecule has 0 aliphatic carbocycles. The van der Waals surface area contributed by atoms with Gasteiger partial charge in [-0.15, -0.1) is 0 Å². The largest absolute Gasteiger partial charge is 0.377 e. The van der Waals surface area contributed by atoms with E-state index in [2.05, 4.69) is 50.9 Å². The van der Waals surface area contributed by atoms with Gasteiger partial charge in [-0.05, 0) is 35.6 Å². The molecule has 0 saturated heterocycles. The third kappa shape index (κ3) is 2.22. The van der Waals surface area contributed by atoms with Crippen LogP contribution in [0.15, 0.2) is 24.4 Å². The maximum absolute atomic E-state index is 5.42. The lowest BCUT2D eigenvalue weighted by Gasteiger charge is -2.22. The van der Waals surface area contributed by atoms with Gasteiger partial charge in [-0.2, -0.15) is 0 Å². The average Bonchev–Trinajstić information content (AvgIpc) is 2.72. The van der Waals surface area contributed by atoms with Crippen LogP contribution in [0.4, 0.5) is 0 Å². The molecule has 1 aromatic heterocycles. The second-order valence-electron chi connectivity index (χ2n) is 5.64. The molecule has 1 N–H and O–H groups in total. The van der Waals surface area contributed by atoms with Gasteiger partial charge in [0, 0.05) is 24.2 Å². The van der Waals surface area contributed by atoms with Crippen molar-refractivity contribution in [2.75, 3.05) is 7.11 Å². The van der Waals surface area contributed by atoms with Crippen LogP contribution in [0.25, 0.3) is 10.9 Å². The van der Waals surface area contributed by atoms with Crippen LogP contribution in [-0.4, -0.2) is 12.1 Å². The number of methoxy groups -OCH3 is 1. The number of ether oxygens (including phenoxy) is 1. The van der Waals surface area contributed by atoms with E-state index in [1.165, 1.54) is 22.0 Å². The summed E-state index contributed by atoms with van der Waals surface area (Å²) in [7, 11) is 1.75. The van der Waals surface area contributed by atoms with Crippen molar-refractivity contribution in [3.8, 4) is 0 Å². The molecule has 2 nitrogen and oxygen atoms in total. The van der Waals surface area contributed by atoms with Crippen molar-refractivity contribution in [1.29, 1.82) is 0 Å². The Bertz CT molecular complexity index is 519. The van der Waals surface area contributed by atoms with E-state index in [0.29, 0.717) is 0 Å². The summed E-state index contributed by atoms with van der Waals surface area (Å²) in [5.74, 6) is 0. The van der Waals surface area contributed by atoms with Gasteiger partial charge in [0.1, 0.15) is 0 Å². The number of H-pyrrole nitrogens is 1. The minimum atomic E-state index is 0.129. The SMILES string of the molecule is COC(C)c1cc(C(C)(C)C)c2cc[nH]c2c1. The van der Waals surface area contributed by atoms with Crippen LogP contribution in [-0.2, 0) is 10.2 Å². The fourth-order valence-electron chi connectivity index (χ4n) is 2.18. The average molecular weight is 231 g/mol. The zero-order chi connectivity index (χ0) is 12.6. The van der Waals surface area contributed by atoms with E-state index in [1.807, 2.05) is 6.20 Å². The molecule has 0 aliphatic heterocycles. The molecule has 0 spiro atoms. The summed E-state index contributed by atoms with van der Waals surface area (Å²) in [5.41, 5.74) is 3.93. The summed E-state index contributed by atoms with van der Waals surface area (Å²) in [6, 6.07) is 6.60. The van der Waals surface area contributed by atoms with Crippen molar-refractivity contribution in [2.24, 2.45) is 0 Å². The number of aromatic amines is 1. The lowest BCUT2D eigenvalue weighted by molar-refractivity contribution is 0.119. The maximum Gasteiger partial charge on any atom is 0.0793 e. The van der Waals surface area contributed by atoms with Gasteiger partial charge in [0.25, 0.3) is 0 Å². The van der Waals surface area contributed by atoms with Gasteiger partial charge in [-0.25, -0.2) is 0 Å². The van der Waals surface area contributed by atoms with Crippen molar-refractivity contribution in [2.45, 2.75) is 39.2 Å². The van der Waals surface area contributed by atoms with E-state index in [0.717, 1.165) is 0 Å². The van der Waals surface area contributed by atoms with Crippen LogP contribution >= 0.6 is 0 Å². The summed E-state index contributed by atoms with van der Waals surface area (Å²) in [5, 5.41) is 1.31. The molecule has 0 aliphatic rings. The molecule has 92 valence electrons. The van der Waals surface area contributed by atoms with E-state index in [9.17, 15) is 0 Å². The lowest BCUT2D eigenvalue weighted by atomic mass is 9.83. The maximum atomic E-state index is 5.42. The van der Waals surface area contributed by atoms with Crippen LogP contribution in [0.5, 0.6) is 0 Å². The van der Waals surface area contributed by atoms with Crippen molar-refractivity contribution in [3.63, 3.8) is 0 Å². The second-order valence-corrected chi connectivity index (χ2v) is 5.64. The van der Waals surface area contributed by atoms with Gasteiger partial charge < -0.3 is 9.72 Å². The van der Waals surface area contributed by atoms with Gasteiger partial charge >= 0.3 is 0 Å². The van der Waals surface area contributed by atoms with Crippen LogP contribution in [0.1, 0.15) is 44.9 Å². The number of benzene rings is 1. The molecule has 2 aromatic rings. The molecule has 1 unspecified atom stereocenters. The Kier molecular flexibility index (Phi) is 3.00. The number of aromatic nitrogens is 1. The Morgan fingerprint density at radius 2 is 1.94 bits per heavy atom. The highest BCUT2D eigenvalue weighted by Gasteiger charge is 2.19. The molecule has 2 heteroatoms. The molecule has 0 amide bonds. The normalized spacial score (nSPS) is 14.2. The smallest absolute Gasteiger partial charge is 0.0793 e. The summed E-state index contributed by atoms with van der Waals surface area (Å²) >= 11 is 0. The van der Waals surface area contributed by atoms with E-state index in [4.69, 9.17) is 4.74 Å². The van der Waals surface area contributed by atoms with Gasteiger partial charge in [-0.3, -0.25) is 0 Å². The quantitative estimate of drug-likeness (QED) is 0.824. The van der Waals surface area contributed by atoms with Crippen LogP contribution in [0.3, 0.4) is 0 Å². The summed E-state index contributed by atoms with van der Waals surface area (Å²) < 4.78 is 5.42. The molecule has 0 radical (unpaired) electrons. The first-order valence-corrected chi connectivity index (χ1v) is 6.08. The predicted octanol–water partition coefficient (Wildman–Crippen LogP) is 4.17. The highest BCUT2D eigenvalue weighted by molar-refractivity contribution is 5.84. The number of hydrogen-bond acceptors (Lipinski definition) is 1. The molecular formula is C15H21NO. The first-order valence-electron chi connectivity index (χ1n) is 6.08. The lowest BCUT2D eigenvalue weighted by Crippen LogP contribution is -2.12. The molecule has 0 saturated carbocycles. The van der Waals surface area contributed by atoms with E-state index < -0.39 is 0 Å². The van der Waals surface area contributed by atoms with E-state index in [-0.39, 0.29) is 11.5 Å². The fraction of sp³-hybridized carbons (Fsp3) is 0.467. The summed E-state index contributed by atoms with van der Waals surface area (Å²) in [4.78, 5) is 3.30. The second kappa shape index (κ2) is 4.19. The van der Waals surface area contributed by atoms with E-state index in [1.54, 1.807) is 7.11 Å².